The first-order valence-corrected chi connectivity index (χ1v) is 10.3. The van der Waals surface area contributed by atoms with Gasteiger partial charge in [-0.2, -0.15) is 0 Å². The largest absolute Gasteiger partial charge is 0.368 e. The van der Waals surface area contributed by atoms with Gasteiger partial charge in [-0.3, -0.25) is 9.36 Å². The Morgan fingerprint density at radius 1 is 1.31 bits per heavy atom. The van der Waals surface area contributed by atoms with Crippen molar-refractivity contribution in [1.29, 1.82) is 0 Å². The number of amides is 1. The number of rotatable bonds is 6. The molecule has 1 aromatic carbocycles. The SMILES string of the molecule is CC(NC(=O)CSc1nnc(N)n1C1CC1)c1ccc2c(c1)CCCC2. The van der Waals surface area contributed by atoms with Crippen molar-refractivity contribution in [3.63, 3.8) is 0 Å². The number of aryl methyl sites for hydroxylation is 2. The molecule has 0 bridgehead atoms. The van der Waals surface area contributed by atoms with Crippen molar-refractivity contribution in [2.75, 3.05) is 11.5 Å². The van der Waals surface area contributed by atoms with E-state index < -0.39 is 0 Å². The van der Waals surface area contributed by atoms with E-state index in [1.807, 2.05) is 11.5 Å². The zero-order valence-corrected chi connectivity index (χ0v) is 15.9. The van der Waals surface area contributed by atoms with E-state index in [2.05, 4.69) is 33.7 Å². The maximum Gasteiger partial charge on any atom is 0.230 e. The topological polar surface area (TPSA) is 85.8 Å². The number of anilines is 1. The van der Waals surface area contributed by atoms with Gasteiger partial charge in [-0.1, -0.05) is 30.0 Å². The van der Waals surface area contributed by atoms with E-state index in [-0.39, 0.29) is 11.9 Å². The van der Waals surface area contributed by atoms with E-state index in [1.165, 1.54) is 47.7 Å². The van der Waals surface area contributed by atoms with Crippen molar-refractivity contribution in [2.45, 2.75) is 62.7 Å². The summed E-state index contributed by atoms with van der Waals surface area (Å²) in [6.45, 7) is 2.04. The first-order valence-electron chi connectivity index (χ1n) is 9.36. The normalized spacial score (nSPS) is 17.6. The van der Waals surface area contributed by atoms with Crippen LogP contribution in [0, 0.1) is 0 Å². The number of nitrogens with one attached hydrogen (secondary N) is 1. The summed E-state index contributed by atoms with van der Waals surface area (Å²) in [5.74, 6) is 0.766. The summed E-state index contributed by atoms with van der Waals surface area (Å²) in [6, 6.07) is 7.04. The van der Waals surface area contributed by atoms with Crippen LogP contribution in [0.2, 0.25) is 0 Å². The fraction of sp³-hybridized carbons (Fsp3) is 0.526. The van der Waals surface area contributed by atoms with Crippen LogP contribution in [0.15, 0.2) is 23.4 Å². The zero-order valence-electron chi connectivity index (χ0n) is 15.1. The lowest BCUT2D eigenvalue weighted by Gasteiger charge is -2.20. The number of hydrogen-bond acceptors (Lipinski definition) is 5. The zero-order chi connectivity index (χ0) is 18.1. The van der Waals surface area contributed by atoms with Crippen LogP contribution in [0.25, 0.3) is 0 Å². The number of fused-ring (bicyclic) bond motifs is 1. The van der Waals surface area contributed by atoms with Crippen molar-refractivity contribution in [1.82, 2.24) is 20.1 Å². The van der Waals surface area contributed by atoms with Crippen molar-refractivity contribution in [3.05, 3.63) is 34.9 Å². The maximum atomic E-state index is 12.4. The minimum Gasteiger partial charge on any atom is -0.368 e. The molecule has 1 amide bonds. The molecule has 2 aliphatic carbocycles. The minimum atomic E-state index is 0.00157. The van der Waals surface area contributed by atoms with Gasteiger partial charge in [-0.25, -0.2) is 0 Å². The first kappa shape index (κ1) is 17.4. The van der Waals surface area contributed by atoms with E-state index in [4.69, 9.17) is 5.73 Å². The molecule has 1 aromatic heterocycles. The Kier molecular flexibility index (Phi) is 4.89. The highest BCUT2D eigenvalue weighted by molar-refractivity contribution is 7.99. The van der Waals surface area contributed by atoms with Gasteiger partial charge in [0.05, 0.1) is 11.8 Å². The lowest BCUT2D eigenvalue weighted by Crippen LogP contribution is -2.28. The first-order chi connectivity index (χ1) is 12.6. The lowest BCUT2D eigenvalue weighted by atomic mass is 9.89. The Hall–Kier alpha value is -2.02. The number of benzene rings is 1. The van der Waals surface area contributed by atoms with Crippen molar-refractivity contribution < 1.29 is 4.79 Å². The van der Waals surface area contributed by atoms with Crippen LogP contribution in [0.5, 0.6) is 0 Å². The van der Waals surface area contributed by atoms with E-state index in [0.717, 1.165) is 24.4 Å². The molecule has 2 aromatic rings. The predicted octanol–water partition coefficient (Wildman–Crippen LogP) is 3.04. The van der Waals surface area contributed by atoms with Crippen molar-refractivity contribution in [3.8, 4) is 0 Å². The average Bonchev–Trinajstić information content (AvgIpc) is 3.42. The maximum absolute atomic E-state index is 12.4. The number of carbonyl (C=O) groups excluding carboxylic acids is 1. The molecule has 138 valence electrons. The summed E-state index contributed by atoms with van der Waals surface area (Å²) < 4.78 is 1.95. The Balaban J connectivity index is 1.34. The van der Waals surface area contributed by atoms with Crippen LogP contribution in [-0.4, -0.2) is 26.4 Å². The average molecular weight is 372 g/mol. The van der Waals surface area contributed by atoms with Gasteiger partial charge in [0, 0.05) is 6.04 Å². The second-order valence-electron chi connectivity index (χ2n) is 7.26. The van der Waals surface area contributed by atoms with Gasteiger partial charge in [0.15, 0.2) is 5.16 Å². The van der Waals surface area contributed by atoms with Crippen molar-refractivity contribution in [2.24, 2.45) is 0 Å². The Labute approximate surface area is 157 Å². The van der Waals surface area contributed by atoms with Crippen molar-refractivity contribution >= 4 is 23.6 Å². The molecule has 1 unspecified atom stereocenters. The fourth-order valence-corrected chi connectivity index (χ4v) is 4.41. The molecular formula is C19H25N5OS. The second-order valence-corrected chi connectivity index (χ2v) is 8.20. The molecule has 7 heteroatoms. The number of nitrogen functional groups attached to an aromatic ring is 1. The molecule has 1 saturated carbocycles. The quantitative estimate of drug-likeness (QED) is 0.762. The molecule has 3 N–H and O–H groups in total. The highest BCUT2D eigenvalue weighted by atomic mass is 32.2. The molecule has 26 heavy (non-hydrogen) atoms. The summed E-state index contributed by atoms with van der Waals surface area (Å²) in [7, 11) is 0. The predicted molar refractivity (Wildman–Crippen MR) is 103 cm³/mol. The van der Waals surface area contributed by atoms with Gasteiger partial charge >= 0.3 is 0 Å². The summed E-state index contributed by atoms with van der Waals surface area (Å²) >= 11 is 1.40. The van der Waals surface area contributed by atoms with Crippen LogP contribution in [0.4, 0.5) is 5.95 Å². The summed E-state index contributed by atoms with van der Waals surface area (Å²) in [6.07, 6.45) is 7.09. The molecule has 1 fully saturated rings. The summed E-state index contributed by atoms with van der Waals surface area (Å²) in [5, 5.41) is 11.9. The van der Waals surface area contributed by atoms with E-state index in [1.54, 1.807) is 0 Å². The van der Waals surface area contributed by atoms with Gasteiger partial charge in [-0.05, 0) is 62.1 Å². The van der Waals surface area contributed by atoms with Gasteiger partial charge < -0.3 is 11.1 Å². The standard InChI is InChI=1S/C19H25N5OS/c1-12(14-7-6-13-4-2-3-5-15(13)10-14)21-17(25)11-26-19-23-22-18(20)24(19)16-8-9-16/h6-7,10,12,16H,2-5,8-9,11H2,1H3,(H2,20,22)(H,21,25). The van der Waals surface area contributed by atoms with E-state index >= 15 is 0 Å². The molecule has 1 heterocycles. The third-order valence-corrected chi connectivity index (χ3v) is 6.13. The number of thioether (sulfide) groups is 1. The summed E-state index contributed by atoms with van der Waals surface area (Å²) in [5.41, 5.74) is 9.96. The molecule has 0 spiro atoms. The molecule has 0 radical (unpaired) electrons. The monoisotopic (exact) mass is 371 g/mol. The molecule has 0 aliphatic heterocycles. The lowest BCUT2D eigenvalue weighted by molar-refractivity contribution is -0.119. The molecule has 6 nitrogen and oxygen atoms in total. The smallest absolute Gasteiger partial charge is 0.230 e. The van der Waals surface area contributed by atoms with Crippen LogP contribution >= 0.6 is 11.8 Å². The number of carbonyl (C=O) groups is 1. The molecule has 0 saturated heterocycles. The number of nitrogens with two attached hydrogens (primary N) is 1. The van der Waals surface area contributed by atoms with E-state index in [0.29, 0.717) is 17.7 Å². The van der Waals surface area contributed by atoms with Crippen LogP contribution in [0.1, 0.15) is 61.4 Å². The number of hydrogen-bond donors (Lipinski definition) is 2. The van der Waals surface area contributed by atoms with E-state index in [9.17, 15) is 4.79 Å². The molecule has 2 aliphatic rings. The molecule has 1 atom stereocenters. The van der Waals surface area contributed by atoms with Gasteiger partial charge in [-0.15, -0.1) is 10.2 Å². The number of nitrogens with zero attached hydrogens (tertiary/aromatic N) is 3. The van der Waals surface area contributed by atoms with Gasteiger partial charge in [0.1, 0.15) is 0 Å². The van der Waals surface area contributed by atoms with Crippen LogP contribution in [-0.2, 0) is 17.6 Å². The second kappa shape index (κ2) is 7.31. The Morgan fingerprint density at radius 3 is 2.85 bits per heavy atom. The fourth-order valence-electron chi connectivity index (χ4n) is 3.58. The summed E-state index contributed by atoms with van der Waals surface area (Å²) in [4.78, 5) is 12.4. The van der Waals surface area contributed by atoms with Gasteiger partial charge in [0.25, 0.3) is 0 Å². The number of aromatic nitrogens is 3. The highest BCUT2D eigenvalue weighted by Crippen LogP contribution is 2.39. The van der Waals surface area contributed by atoms with Crippen LogP contribution < -0.4 is 11.1 Å². The molecule has 4 rings (SSSR count). The third kappa shape index (κ3) is 3.72. The Morgan fingerprint density at radius 2 is 2.08 bits per heavy atom. The Bertz CT molecular complexity index is 814. The highest BCUT2D eigenvalue weighted by Gasteiger charge is 2.29. The molecular weight excluding hydrogens is 346 g/mol. The third-order valence-electron chi connectivity index (χ3n) is 5.19. The van der Waals surface area contributed by atoms with Crippen LogP contribution in [0.3, 0.4) is 0 Å². The van der Waals surface area contributed by atoms with Gasteiger partial charge in [0.2, 0.25) is 11.9 Å². The minimum absolute atomic E-state index is 0.00157.